The fourth-order valence-electron chi connectivity index (χ4n) is 1.94. The van der Waals surface area contributed by atoms with E-state index in [2.05, 4.69) is 17.2 Å². The molecule has 0 radical (unpaired) electrons. The Morgan fingerprint density at radius 2 is 2.10 bits per heavy atom. The Bertz CT molecular complexity index is 614. The number of ether oxygens (including phenoxy) is 1. The quantitative estimate of drug-likeness (QED) is 0.795. The number of aryl methyl sites for hydroxylation is 1. The van der Waals surface area contributed by atoms with Gasteiger partial charge in [-0.15, -0.1) is 0 Å². The van der Waals surface area contributed by atoms with Crippen molar-refractivity contribution in [2.45, 2.75) is 19.9 Å². The van der Waals surface area contributed by atoms with E-state index in [1.807, 2.05) is 24.3 Å². The van der Waals surface area contributed by atoms with Crippen LogP contribution in [0.25, 0.3) is 0 Å². The van der Waals surface area contributed by atoms with Crippen molar-refractivity contribution in [2.24, 2.45) is 0 Å². The van der Waals surface area contributed by atoms with Crippen LogP contribution in [0, 0.1) is 0 Å². The molecule has 5 nitrogen and oxygen atoms in total. The average molecular weight is 285 g/mol. The predicted octanol–water partition coefficient (Wildman–Crippen LogP) is 1.92. The van der Waals surface area contributed by atoms with Crippen LogP contribution >= 0.6 is 0 Å². The normalized spacial score (nSPS) is 10.1. The van der Waals surface area contributed by atoms with Crippen molar-refractivity contribution in [2.75, 3.05) is 12.3 Å². The van der Waals surface area contributed by atoms with Gasteiger partial charge in [-0.25, -0.2) is 0 Å². The van der Waals surface area contributed by atoms with Gasteiger partial charge in [0.25, 0.3) is 5.91 Å². The molecule has 1 aromatic carbocycles. The number of carbonyl (C=O) groups is 1. The maximum absolute atomic E-state index is 11.8. The number of nitrogens with one attached hydrogen (secondary N) is 1. The number of para-hydroxylation sites is 2. The number of benzene rings is 1. The van der Waals surface area contributed by atoms with Gasteiger partial charge in [0.1, 0.15) is 5.75 Å². The van der Waals surface area contributed by atoms with Crippen LogP contribution in [0.4, 0.5) is 5.69 Å². The summed E-state index contributed by atoms with van der Waals surface area (Å²) >= 11 is 0. The van der Waals surface area contributed by atoms with Crippen LogP contribution in [0.15, 0.2) is 42.6 Å². The Balaban J connectivity index is 1.84. The SMILES string of the molecule is CCc1cccnc1CNC(=O)COc1ccccc1N. The van der Waals surface area contributed by atoms with Gasteiger partial charge in [-0.2, -0.15) is 0 Å². The molecule has 2 aromatic rings. The topological polar surface area (TPSA) is 77.2 Å². The van der Waals surface area contributed by atoms with Crippen LogP contribution in [0.1, 0.15) is 18.2 Å². The lowest BCUT2D eigenvalue weighted by Gasteiger charge is -2.10. The Morgan fingerprint density at radius 1 is 1.29 bits per heavy atom. The Kier molecular flexibility index (Phi) is 5.15. The van der Waals surface area contributed by atoms with Crippen molar-refractivity contribution in [3.8, 4) is 5.75 Å². The average Bonchev–Trinajstić information content (AvgIpc) is 2.52. The molecule has 0 spiro atoms. The lowest BCUT2D eigenvalue weighted by Crippen LogP contribution is -2.29. The molecule has 0 saturated heterocycles. The number of hydrogen-bond acceptors (Lipinski definition) is 4. The largest absolute Gasteiger partial charge is 0.482 e. The van der Waals surface area contributed by atoms with E-state index >= 15 is 0 Å². The third kappa shape index (κ3) is 4.21. The molecule has 1 heterocycles. The maximum Gasteiger partial charge on any atom is 0.258 e. The second-order valence-electron chi connectivity index (χ2n) is 4.57. The van der Waals surface area contributed by atoms with Gasteiger partial charge < -0.3 is 15.8 Å². The zero-order valence-corrected chi connectivity index (χ0v) is 12.0. The number of amides is 1. The second kappa shape index (κ2) is 7.28. The first-order valence-electron chi connectivity index (χ1n) is 6.87. The van der Waals surface area contributed by atoms with Crippen LogP contribution in [0.2, 0.25) is 0 Å². The number of nitrogens with two attached hydrogens (primary N) is 1. The molecule has 0 aliphatic carbocycles. The Morgan fingerprint density at radius 3 is 2.86 bits per heavy atom. The molecule has 0 saturated carbocycles. The molecule has 0 unspecified atom stereocenters. The highest BCUT2D eigenvalue weighted by Crippen LogP contribution is 2.19. The second-order valence-corrected chi connectivity index (χ2v) is 4.57. The minimum atomic E-state index is -0.203. The van der Waals surface area contributed by atoms with E-state index < -0.39 is 0 Å². The van der Waals surface area contributed by atoms with Crippen LogP contribution in [0.5, 0.6) is 5.75 Å². The van der Waals surface area contributed by atoms with Gasteiger partial charge in [0, 0.05) is 6.20 Å². The number of hydrogen-bond donors (Lipinski definition) is 2. The first-order chi connectivity index (χ1) is 10.2. The van der Waals surface area contributed by atoms with Gasteiger partial charge in [0.05, 0.1) is 17.9 Å². The van der Waals surface area contributed by atoms with Crippen LogP contribution in [0.3, 0.4) is 0 Å². The van der Waals surface area contributed by atoms with Gasteiger partial charge in [-0.3, -0.25) is 9.78 Å². The van der Waals surface area contributed by atoms with Gasteiger partial charge in [-0.1, -0.05) is 25.1 Å². The van der Waals surface area contributed by atoms with Crippen molar-refractivity contribution in [1.82, 2.24) is 10.3 Å². The van der Waals surface area contributed by atoms with Crippen molar-refractivity contribution in [1.29, 1.82) is 0 Å². The number of carbonyl (C=O) groups excluding carboxylic acids is 1. The summed E-state index contributed by atoms with van der Waals surface area (Å²) in [6.07, 6.45) is 2.61. The summed E-state index contributed by atoms with van der Waals surface area (Å²) < 4.78 is 5.39. The van der Waals surface area contributed by atoms with E-state index in [1.54, 1.807) is 18.3 Å². The summed E-state index contributed by atoms with van der Waals surface area (Å²) in [5.41, 5.74) is 8.27. The van der Waals surface area contributed by atoms with E-state index in [0.717, 1.165) is 17.7 Å². The van der Waals surface area contributed by atoms with E-state index in [4.69, 9.17) is 10.5 Å². The maximum atomic E-state index is 11.8. The Hall–Kier alpha value is -2.56. The standard InChI is InChI=1S/C16H19N3O2/c1-2-12-6-5-9-18-14(12)10-19-16(20)11-21-15-8-4-3-7-13(15)17/h3-9H,2,10-11,17H2,1H3,(H,19,20). The smallest absolute Gasteiger partial charge is 0.258 e. The molecule has 0 fully saturated rings. The van der Waals surface area contributed by atoms with E-state index in [0.29, 0.717) is 18.0 Å². The van der Waals surface area contributed by atoms with Crippen molar-refractivity contribution >= 4 is 11.6 Å². The van der Waals surface area contributed by atoms with E-state index in [9.17, 15) is 4.79 Å². The summed E-state index contributed by atoms with van der Waals surface area (Å²) in [4.78, 5) is 16.1. The monoisotopic (exact) mass is 285 g/mol. The molecule has 0 bridgehead atoms. The van der Waals surface area contributed by atoms with Gasteiger partial charge in [0.2, 0.25) is 0 Å². The summed E-state index contributed by atoms with van der Waals surface area (Å²) in [7, 11) is 0. The lowest BCUT2D eigenvalue weighted by atomic mass is 10.1. The highest BCUT2D eigenvalue weighted by molar-refractivity contribution is 5.77. The summed E-state index contributed by atoms with van der Waals surface area (Å²) in [6, 6.07) is 11.0. The van der Waals surface area contributed by atoms with Gasteiger partial charge in [0.15, 0.2) is 6.61 Å². The number of pyridine rings is 1. The first-order valence-corrected chi connectivity index (χ1v) is 6.87. The molecule has 2 rings (SSSR count). The minimum absolute atomic E-state index is 0.0670. The minimum Gasteiger partial charge on any atom is -0.482 e. The lowest BCUT2D eigenvalue weighted by molar-refractivity contribution is -0.123. The van der Waals surface area contributed by atoms with Crippen LogP contribution in [-0.2, 0) is 17.8 Å². The molecular formula is C16H19N3O2. The Labute approximate surface area is 124 Å². The summed E-state index contributed by atoms with van der Waals surface area (Å²) in [6.45, 7) is 2.39. The molecule has 3 N–H and O–H groups in total. The molecule has 0 aliphatic rings. The molecular weight excluding hydrogens is 266 g/mol. The van der Waals surface area contributed by atoms with E-state index in [1.165, 1.54) is 0 Å². The van der Waals surface area contributed by atoms with Crippen molar-refractivity contribution < 1.29 is 9.53 Å². The third-order valence-electron chi connectivity index (χ3n) is 3.10. The molecule has 0 atom stereocenters. The number of rotatable bonds is 6. The number of nitrogens with zero attached hydrogens (tertiary/aromatic N) is 1. The molecule has 1 amide bonds. The zero-order chi connectivity index (χ0) is 15.1. The van der Waals surface area contributed by atoms with Gasteiger partial charge in [-0.05, 0) is 30.2 Å². The predicted molar refractivity (Wildman–Crippen MR) is 81.8 cm³/mol. The highest BCUT2D eigenvalue weighted by Gasteiger charge is 2.07. The number of aromatic nitrogens is 1. The number of anilines is 1. The first kappa shape index (κ1) is 14.8. The molecule has 5 heteroatoms. The molecule has 21 heavy (non-hydrogen) atoms. The van der Waals surface area contributed by atoms with Gasteiger partial charge >= 0.3 is 0 Å². The van der Waals surface area contributed by atoms with Crippen LogP contribution < -0.4 is 15.8 Å². The molecule has 110 valence electrons. The summed E-state index contributed by atoms with van der Waals surface area (Å²) in [5, 5.41) is 2.80. The fraction of sp³-hybridized carbons (Fsp3) is 0.250. The number of nitrogen functional groups attached to an aromatic ring is 1. The van der Waals surface area contributed by atoms with Crippen LogP contribution in [-0.4, -0.2) is 17.5 Å². The highest BCUT2D eigenvalue weighted by atomic mass is 16.5. The fourth-order valence-corrected chi connectivity index (χ4v) is 1.94. The van der Waals surface area contributed by atoms with Crippen molar-refractivity contribution in [3.63, 3.8) is 0 Å². The van der Waals surface area contributed by atoms with E-state index in [-0.39, 0.29) is 12.5 Å². The molecule has 0 aliphatic heterocycles. The molecule has 1 aromatic heterocycles. The third-order valence-corrected chi connectivity index (χ3v) is 3.10. The zero-order valence-electron chi connectivity index (χ0n) is 12.0. The van der Waals surface area contributed by atoms with Crippen molar-refractivity contribution in [3.05, 3.63) is 53.9 Å². The summed E-state index contributed by atoms with van der Waals surface area (Å²) in [5.74, 6) is 0.311.